The lowest BCUT2D eigenvalue weighted by Crippen LogP contribution is -2.35. The number of amides is 2. The van der Waals surface area contributed by atoms with Crippen LogP contribution in [0, 0.1) is 13.8 Å². The Morgan fingerprint density at radius 3 is 2.59 bits per heavy atom. The molecule has 1 saturated heterocycles. The van der Waals surface area contributed by atoms with E-state index in [-0.39, 0.29) is 11.5 Å². The van der Waals surface area contributed by atoms with Crippen LogP contribution >= 0.6 is 22.9 Å². The molecule has 0 atom stereocenters. The van der Waals surface area contributed by atoms with Crippen LogP contribution < -0.4 is 10.4 Å². The number of anilines is 1. The van der Waals surface area contributed by atoms with Crippen LogP contribution in [0.3, 0.4) is 0 Å². The first-order chi connectivity index (χ1) is 10.5. The SMILES string of the molecule is Cc1ccc(/C=C2\C(=O)NN(c3ccc(C)c(Cl)c3)C2=O)s1. The molecule has 1 aromatic heterocycles. The van der Waals surface area contributed by atoms with E-state index in [0.29, 0.717) is 10.7 Å². The van der Waals surface area contributed by atoms with Gasteiger partial charge in [0.25, 0.3) is 11.8 Å². The maximum atomic E-state index is 12.5. The number of nitrogens with zero attached hydrogens (tertiary/aromatic N) is 1. The van der Waals surface area contributed by atoms with Crippen molar-refractivity contribution in [2.45, 2.75) is 13.8 Å². The van der Waals surface area contributed by atoms with Crippen LogP contribution in [0.25, 0.3) is 6.08 Å². The standard InChI is InChI=1S/C16H13ClN2O2S/c1-9-3-5-11(7-14(9)17)19-16(21)13(15(20)18-19)8-12-6-4-10(2)22-12/h3-8H,1-2H3,(H,18,20)/b13-8+. The van der Waals surface area contributed by atoms with Gasteiger partial charge >= 0.3 is 0 Å². The number of hydrogen-bond acceptors (Lipinski definition) is 3. The Bertz CT molecular complexity index is 810. The molecule has 0 radical (unpaired) electrons. The Labute approximate surface area is 137 Å². The highest BCUT2D eigenvalue weighted by Crippen LogP contribution is 2.27. The van der Waals surface area contributed by atoms with Crippen molar-refractivity contribution in [3.8, 4) is 0 Å². The minimum absolute atomic E-state index is 0.124. The third-order valence-corrected chi connectivity index (χ3v) is 4.71. The van der Waals surface area contributed by atoms with Gasteiger partial charge in [-0.1, -0.05) is 17.7 Å². The van der Waals surface area contributed by atoms with Crippen molar-refractivity contribution in [3.05, 3.63) is 56.2 Å². The minimum Gasteiger partial charge on any atom is -0.267 e. The number of benzene rings is 1. The summed E-state index contributed by atoms with van der Waals surface area (Å²) in [5.74, 6) is -0.788. The lowest BCUT2D eigenvalue weighted by Gasteiger charge is -2.15. The highest BCUT2D eigenvalue weighted by Gasteiger charge is 2.34. The molecule has 1 aromatic carbocycles. The fraction of sp³-hybridized carbons (Fsp3) is 0.125. The number of carbonyl (C=O) groups excluding carboxylic acids is 2. The van der Waals surface area contributed by atoms with Gasteiger partial charge in [0.2, 0.25) is 0 Å². The Kier molecular flexibility index (Phi) is 3.76. The lowest BCUT2D eigenvalue weighted by molar-refractivity contribution is -0.117. The summed E-state index contributed by atoms with van der Waals surface area (Å²) < 4.78 is 0. The van der Waals surface area contributed by atoms with Crippen molar-refractivity contribution in [1.82, 2.24) is 5.43 Å². The van der Waals surface area contributed by atoms with E-state index < -0.39 is 5.91 Å². The van der Waals surface area contributed by atoms with Crippen LogP contribution in [0.4, 0.5) is 5.69 Å². The molecule has 2 amide bonds. The topological polar surface area (TPSA) is 49.4 Å². The molecule has 2 heterocycles. The van der Waals surface area contributed by atoms with E-state index in [1.807, 2.05) is 26.0 Å². The molecule has 2 aromatic rings. The molecule has 4 nitrogen and oxygen atoms in total. The Hall–Kier alpha value is -2.11. The summed E-state index contributed by atoms with van der Waals surface area (Å²) in [6.45, 7) is 3.85. The van der Waals surface area contributed by atoms with Gasteiger partial charge in [0.1, 0.15) is 5.57 Å². The fourth-order valence-electron chi connectivity index (χ4n) is 2.13. The first kappa shape index (κ1) is 14.8. The molecule has 3 rings (SSSR count). The number of halogens is 1. The van der Waals surface area contributed by atoms with Crippen LogP contribution in [0.1, 0.15) is 15.3 Å². The maximum Gasteiger partial charge on any atom is 0.282 e. The summed E-state index contributed by atoms with van der Waals surface area (Å²) in [4.78, 5) is 26.5. The van der Waals surface area contributed by atoms with Crippen molar-refractivity contribution < 1.29 is 9.59 Å². The van der Waals surface area contributed by atoms with Crippen molar-refractivity contribution in [3.63, 3.8) is 0 Å². The van der Waals surface area contributed by atoms with Crippen LogP contribution in [-0.2, 0) is 9.59 Å². The van der Waals surface area contributed by atoms with Crippen LogP contribution in [-0.4, -0.2) is 11.8 Å². The first-order valence-corrected chi connectivity index (χ1v) is 7.85. The number of nitrogens with one attached hydrogen (secondary N) is 1. The highest BCUT2D eigenvalue weighted by atomic mass is 35.5. The van der Waals surface area contributed by atoms with Crippen LogP contribution in [0.5, 0.6) is 0 Å². The van der Waals surface area contributed by atoms with Gasteiger partial charge in [0.15, 0.2) is 0 Å². The smallest absolute Gasteiger partial charge is 0.267 e. The summed E-state index contributed by atoms with van der Waals surface area (Å²) in [6, 6.07) is 9.05. The zero-order valence-corrected chi connectivity index (χ0v) is 13.6. The summed E-state index contributed by atoms with van der Waals surface area (Å²) in [5.41, 5.74) is 4.14. The highest BCUT2D eigenvalue weighted by molar-refractivity contribution is 7.12. The number of rotatable bonds is 2. The second-order valence-electron chi connectivity index (χ2n) is 5.02. The van der Waals surface area contributed by atoms with Crippen molar-refractivity contribution in [2.24, 2.45) is 0 Å². The van der Waals surface area contributed by atoms with Crippen LogP contribution in [0.15, 0.2) is 35.9 Å². The Balaban J connectivity index is 1.94. The van der Waals surface area contributed by atoms with E-state index in [1.54, 1.807) is 24.3 Å². The molecule has 1 aliphatic heterocycles. The molecule has 1 aliphatic rings. The van der Waals surface area contributed by atoms with Gasteiger partial charge in [-0.3, -0.25) is 15.0 Å². The minimum atomic E-state index is -0.409. The lowest BCUT2D eigenvalue weighted by atomic mass is 10.2. The normalized spacial score (nSPS) is 16.5. The molecule has 1 N–H and O–H groups in total. The van der Waals surface area contributed by atoms with Crippen LogP contribution in [0.2, 0.25) is 5.02 Å². The molecule has 0 aliphatic carbocycles. The van der Waals surface area contributed by atoms with Gasteiger partial charge in [-0.25, -0.2) is 5.01 Å². The third kappa shape index (κ3) is 2.65. The summed E-state index contributed by atoms with van der Waals surface area (Å²) in [5, 5.41) is 1.77. The van der Waals surface area contributed by atoms with Gasteiger partial charge in [-0.05, 0) is 49.8 Å². The molecule has 6 heteroatoms. The zero-order valence-electron chi connectivity index (χ0n) is 12.0. The summed E-state index contributed by atoms with van der Waals surface area (Å²) in [6.07, 6.45) is 1.62. The maximum absolute atomic E-state index is 12.5. The number of aryl methyl sites for hydroxylation is 2. The molecular formula is C16H13ClN2O2S. The van der Waals surface area contributed by atoms with Gasteiger partial charge in [0, 0.05) is 14.8 Å². The summed E-state index contributed by atoms with van der Waals surface area (Å²) in [7, 11) is 0. The average molecular weight is 333 g/mol. The molecule has 1 fully saturated rings. The van der Waals surface area contributed by atoms with E-state index in [2.05, 4.69) is 5.43 Å². The molecule has 0 bridgehead atoms. The fourth-order valence-corrected chi connectivity index (χ4v) is 3.13. The quantitative estimate of drug-likeness (QED) is 0.676. The molecule has 112 valence electrons. The van der Waals surface area contributed by atoms with E-state index in [9.17, 15) is 9.59 Å². The van der Waals surface area contributed by atoms with Gasteiger partial charge in [-0.2, -0.15) is 0 Å². The second kappa shape index (κ2) is 5.59. The number of hydrazine groups is 1. The second-order valence-corrected chi connectivity index (χ2v) is 6.75. The van der Waals surface area contributed by atoms with E-state index in [0.717, 1.165) is 15.3 Å². The molecule has 22 heavy (non-hydrogen) atoms. The molecule has 0 saturated carbocycles. The Morgan fingerprint density at radius 2 is 1.95 bits per heavy atom. The van der Waals surface area contributed by atoms with Gasteiger partial charge in [-0.15, -0.1) is 11.3 Å². The van der Waals surface area contributed by atoms with Crippen molar-refractivity contribution in [1.29, 1.82) is 0 Å². The molecule has 0 spiro atoms. The molecular weight excluding hydrogens is 320 g/mol. The van der Waals surface area contributed by atoms with Gasteiger partial charge < -0.3 is 0 Å². The number of thiophene rings is 1. The predicted octanol–water partition coefficient (Wildman–Crippen LogP) is 3.48. The number of carbonyl (C=O) groups is 2. The van der Waals surface area contributed by atoms with Crippen molar-refractivity contribution in [2.75, 3.05) is 5.01 Å². The zero-order chi connectivity index (χ0) is 15.9. The predicted molar refractivity (Wildman–Crippen MR) is 88.9 cm³/mol. The van der Waals surface area contributed by atoms with E-state index in [1.165, 1.54) is 16.3 Å². The molecule has 0 unspecified atom stereocenters. The monoisotopic (exact) mass is 332 g/mol. The van der Waals surface area contributed by atoms with E-state index >= 15 is 0 Å². The average Bonchev–Trinajstić information content (AvgIpc) is 3.00. The Morgan fingerprint density at radius 1 is 1.18 bits per heavy atom. The third-order valence-electron chi connectivity index (χ3n) is 3.35. The van der Waals surface area contributed by atoms with Gasteiger partial charge in [0.05, 0.1) is 5.69 Å². The summed E-state index contributed by atoms with van der Waals surface area (Å²) >= 11 is 7.61. The largest absolute Gasteiger partial charge is 0.282 e. The van der Waals surface area contributed by atoms with Crippen molar-refractivity contribution >= 4 is 46.5 Å². The van der Waals surface area contributed by atoms with E-state index in [4.69, 9.17) is 11.6 Å². The first-order valence-electron chi connectivity index (χ1n) is 6.65. The number of hydrogen-bond donors (Lipinski definition) is 1.